The number of alkyl carbamates (subject to hydrolysis) is 1. The van der Waals surface area contributed by atoms with Gasteiger partial charge in [0.2, 0.25) is 0 Å². The summed E-state index contributed by atoms with van der Waals surface area (Å²) in [5.41, 5.74) is 2.55. The van der Waals surface area contributed by atoms with Crippen molar-refractivity contribution >= 4 is 23.4 Å². The molecule has 0 saturated carbocycles. The van der Waals surface area contributed by atoms with Gasteiger partial charge in [0.25, 0.3) is 11.6 Å². The number of nitrogens with one attached hydrogen (secondary N) is 2. The number of hydrogen-bond donors (Lipinski definition) is 2. The van der Waals surface area contributed by atoms with Gasteiger partial charge >= 0.3 is 6.09 Å². The lowest BCUT2D eigenvalue weighted by atomic mass is 10.1. The summed E-state index contributed by atoms with van der Waals surface area (Å²) in [6.07, 6.45) is 2.68. The molecule has 3 aromatic rings. The van der Waals surface area contributed by atoms with Crippen LogP contribution in [0, 0.1) is 17.0 Å². The van der Waals surface area contributed by atoms with E-state index in [1.165, 1.54) is 12.1 Å². The van der Waals surface area contributed by atoms with Gasteiger partial charge in [-0.15, -0.1) is 0 Å². The predicted octanol–water partition coefficient (Wildman–Crippen LogP) is 3.98. The molecule has 0 aliphatic carbocycles. The van der Waals surface area contributed by atoms with Gasteiger partial charge in [-0.1, -0.05) is 24.3 Å². The molecule has 31 heavy (non-hydrogen) atoms. The standard InChI is InChI=1S/C22H20N4O5/c1-15-4-9-19(20(11-15)26(29)30)25-21(27)18-7-5-16(6-8-18)13-24-22(28)31-14-17-3-2-10-23-12-17/h2-12H,13-14H2,1H3,(H,24,28)(H,25,27). The van der Waals surface area contributed by atoms with Crippen molar-refractivity contribution in [2.24, 2.45) is 0 Å². The zero-order valence-electron chi connectivity index (χ0n) is 16.7. The Morgan fingerprint density at radius 1 is 1.10 bits per heavy atom. The van der Waals surface area contributed by atoms with E-state index in [0.717, 1.165) is 16.7 Å². The number of benzene rings is 2. The van der Waals surface area contributed by atoms with E-state index >= 15 is 0 Å². The van der Waals surface area contributed by atoms with Crippen LogP contribution in [-0.2, 0) is 17.9 Å². The molecule has 0 saturated heterocycles. The van der Waals surface area contributed by atoms with Crippen LogP contribution < -0.4 is 10.6 Å². The first-order valence-electron chi connectivity index (χ1n) is 9.37. The summed E-state index contributed by atoms with van der Waals surface area (Å²) in [7, 11) is 0. The summed E-state index contributed by atoms with van der Waals surface area (Å²) < 4.78 is 5.11. The van der Waals surface area contributed by atoms with Gasteiger partial charge in [-0.3, -0.25) is 19.9 Å². The molecule has 9 nitrogen and oxygen atoms in total. The second kappa shape index (κ2) is 9.97. The molecular formula is C22H20N4O5. The van der Waals surface area contributed by atoms with Gasteiger partial charge in [-0.05, 0) is 42.3 Å². The summed E-state index contributed by atoms with van der Waals surface area (Å²) in [6.45, 7) is 2.07. The Labute approximate surface area is 178 Å². The van der Waals surface area contributed by atoms with Crippen LogP contribution in [0.15, 0.2) is 67.0 Å². The maximum Gasteiger partial charge on any atom is 0.407 e. The number of amides is 2. The number of pyridine rings is 1. The van der Waals surface area contributed by atoms with E-state index in [1.54, 1.807) is 61.8 Å². The number of anilines is 1. The first-order valence-corrected chi connectivity index (χ1v) is 9.37. The van der Waals surface area contributed by atoms with Crippen molar-refractivity contribution in [3.05, 3.63) is 99.4 Å². The number of nitro benzene ring substituents is 1. The maximum absolute atomic E-state index is 12.4. The molecule has 0 radical (unpaired) electrons. The topological polar surface area (TPSA) is 123 Å². The van der Waals surface area contributed by atoms with E-state index in [1.807, 2.05) is 0 Å². The van der Waals surface area contributed by atoms with Gasteiger partial charge in [-0.25, -0.2) is 4.79 Å². The molecule has 0 fully saturated rings. The monoisotopic (exact) mass is 420 g/mol. The van der Waals surface area contributed by atoms with Crippen LogP contribution in [-0.4, -0.2) is 21.9 Å². The Morgan fingerprint density at radius 3 is 2.55 bits per heavy atom. The largest absolute Gasteiger partial charge is 0.445 e. The van der Waals surface area contributed by atoms with Gasteiger partial charge in [0, 0.05) is 36.1 Å². The number of carbonyl (C=O) groups excluding carboxylic acids is 2. The second-order valence-electron chi connectivity index (χ2n) is 6.72. The summed E-state index contributed by atoms with van der Waals surface area (Å²) in [5.74, 6) is -0.470. The lowest BCUT2D eigenvalue weighted by Gasteiger charge is -2.09. The number of carbonyl (C=O) groups is 2. The van der Waals surface area contributed by atoms with E-state index < -0.39 is 16.9 Å². The highest BCUT2D eigenvalue weighted by molar-refractivity contribution is 6.05. The number of aryl methyl sites for hydroxylation is 1. The normalized spacial score (nSPS) is 10.2. The fourth-order valence-corrected chi connectivity index (χ4v) is 2.72. The summed E-state index contributed by atoms with van der Waals surface area (Å²) in [6, 6.07) is 14.7. The van der Waals surface area contributed by atoms with Crippen LogP contribution in [0.3, 0.4) is 0 Å². The molecular weight excluding hydrogens is 400 g/mol. The quantitative estimate of drug-likeness (QED) is 0.440. The molecule has 1 heterocycles. The van der Waals surface area contributed by atoms with E-state index in [-0.39, 0.29) is 24.5 Å². The molecule has 2 aromatic carbocycles. The smallest absolute Gasteiger partial charge is 0.407 e. The molecule has 0 unspecified atom stereocenters. The molecule has 0 atom stereocenters. The zero-order valence-corrected chi connectivity index (χ0v) is 16.7. The summed E-state index contributed by atoms with van der Waals surface area (Å²) in [5, 5.41) is 16.4. The van der Waals surface area contributed by atoms with E-state index in [0.29, 0.717) is 5.56 Å². The summed E-state index contributed by atoms with van der Waals surface area (Å²) in [4.78, 5) is 38.9. The van der Waals surface area contributed by atoms with E-state index in [9.17, 15) is 19.7 Å². The lowest BCUT2D eigenvalue weighted by Crippen LogP contribution is -2.23. The molecule has 0 aliphatic heterocycles. The molecule has 0 spiro atoms. The van der Waals surface area contributed by atoms with Crippen LogP contribution in [0.4, 0.5) is 16.2 Å². The van der Waals surface area contributed by atoms with Crippen molar-refractivity contribution in [2.45, 2.75) is 20.1 Å². The molecule has 0 aliphatic rings. The van der Waals surface area contributed by atoms with E-state index in [2.05, 4.69) is 15.6 Å². The molecule has 1 aromatic heterocycles. The van der Waals surface area contributed by atoms with Crippen molar-refractivity contribution in [3.63, 3.8) is 0 Å². The highest BCUT2D eigenvalue weighted by Crippen LogP contribution is 2.25. The average molecular weight is 420 g/mol. The third-order valence-corrected chi connectivity index (χ3v) is 4.34. The third kappa shape index (κ3) is 6.10. The predicted molar refractivity (Wildman–Crippen MR) is 113 cm³/mol. The van der Waals surface area contributed by atoms with Crippen LogP contribution >= 0.6 is 0 Å². The Kier molecular flexibility index (Phi) is 6.89. The van der Waals surface area contributed by atoms with Gasteiger partial charge in [0.15, 0.2) is 0 Å². The first-order chi connectivity index (χ1) is 14.9. The zero-order chi connectivity index (χ0) is 22.2. The average Bonchev–Trinajstić information content (AvgIpc) is 2.78. The van der Waals surface area contributed by atoms with Crippen LogP contribution in [0.2, 0.25) is 0 Å². The molecule has 0 bridgehead atoms. The fourth-order valence-electron chi connectivity index (χ4n) is 2.72. The Morgan fingerprint density at radius 2 is 1.87 bits per heavy atom. The van der Waals surface area contributed by atoms with Gasteiger partial charge in [0.05, 0.1) is 4.92 Å². The van der Waals surface area contributed by atoms with Crippen LogP contribution in [0.5, 0.6) is 0 Å². The van der Waals surface area contributed by atoms with Crippen molar-refractivity contribution in [1.82, 2.24) is 10.3 Å². The van der Waals surface area contributed by atoms with Gasteiger partial charge in [0.1, 0.15) is 12.3 Å². The molecule has 9 heteroatoms. The van der Waals surface area contributed by atoms with E-state index in [4.69, 9.17) is 4.74 Å². The third-order valence-electron chi connectivity index (χ3n) is 4.34. The molecule has 2 amide bonds. The molecule has 3 rings (SSSR count). The molecule has 158 valence electrons. The van der Waals surface area contributed by atoms with Gasteiger partial charge in [-0.2, -0.15) is 0 Å². The number of nitro groups is 1. The van der Waals surface area contributed by atoms with Crippen LogP contribution in [0.25, 0.3) is 0 Å². The number of hydrogen-bond acceptors (Lipinski definition) is 6. The van der Waals surface area contributed by atoms with Crippen molar-refractivity contribution in [3.8, 4) is 0 Å². The van der Waals surface area contributed by atoms with Crippen molar-refractivity contribution in [2.75, 3.05) is 5.32 Å². The fraction of sp³-hybridized carbons (Fsp3) is 0.136. The van der Waals surface area contributed by atoms with Gasteiger partial charge < -0.3 is 15.4 Å². The Bertz CT molecular complexity index is 1080. The minimum Gasteiger partial charge on any atom is -0.445 e. The minimum atomic E-state index is -0.572. The Balaban J connectivity index is 1.53. The number of ether oxygens (including phenoxy) is 1. The highest BCUT2D eigenvalue weighted by atomic mass is 16.6. The maximum atomic E-state index is 12.4. The SMILES string of the molecule is Cc1ccc(NC(=O)c2ccc(CNC(=O)OCc3cccnc3)cc2)c([N+](=O)[O-])c1. The Hall–Kier alpha value is -4.27. The first kappa shape index (κ1) is 21.4. The lowest BCUT2D eigenvalue weighted by molar-refractivity contribution is -0.384. The highest BCUT2D eigenvalue weighted by Gasteiger charge is 2.16. The minimum absolute atomic E-state index is 0.115. The van der Waals surface area contributed by atoms with Crippen molar-refractivity contribution in [1.29, 1.82) is 0 Å². The summed E-state index contributed by atoms with van der Waals surface area (Å²) >= 11 is 0. The number of rotatable bonds is 7. The number of nitrogens with zero attached hydrogens (tertiary/aromatic N) is 2. The van der Waals surface area contributed by atoms with Crippen LogP contribution in [0.1, 0.15) is 27.0 Å². The number of aromatic nitrogens is 1. The molecule has 2 N–H and O–H groups in total. The second-order valence-corrected chi connectivity index (χ2v) is 6.72. The van der Waals surface area contributed by atoms with Crippen molar-refractivity contribution < 1.29 is 19.2 Å².